The van der Waals surface area contributed by atoms with Crippen LogP contribution in [0, 0.1) is 5.92 Å². The van der Waals surface area contributed by atoms with Gasteiger partial charge in [0.2, 0.25) is 5.91 Å². The standard InChI is InChI=1S/C25H30N4O2S/c1-18-8-6-7-11-22(18)26-24(30)17-32-25-28-27-23(16-19-9-4-3-5-10-19)29(25)20-12-14-21(31-2)15-13-20/h3-5,9-10,12-15,18,22H,6-8,11,16-17H2,1-2H3,(H,26,30)/t18-,22+/m1/s1. The van der Waals surface area contributed by atoms with E-state index in [1.165, 1.54) is 31.0 Å². The van der Waals surface area contributed by atoms with Gasteiger partial charge < -0.3 is 10.1 Å². The summed E-state index contributed by atoms with van der Waals surface area (Å²) in [7, 11) is 1.65. The molecule has 1 aliphatic rings. The van der Waals surface area contributed by atoms with Crippen molar-refractivity contribution >= 4 is 17.7 Å². The van der Waals surface area contributed by atoms with Crippen LogP contribution in [-0.2, 0) is 11.2 Å². The SMILES string of the molecule is COc1ccc(-n2c(Cc3ccccc3)nnc2SCC(=O)N[C@H]2CCCC[C@H]2C)cc1. The number of carbonyl (C=O) groups excluding carboxylic acids is 1. The van der Waals surface area contributed by atoms with Gasteiger partial charge in [0, 0.05) is 18.2 Å². The van der Waals surface area contributed by atoms with E-state index in [0.29, 0.717) is 23.2 Å². The molecule has 6 nitrogen and oxygen atoms in total. The van der Waals surface area contributed by atoms with Crippen LogP contribution in [0.3, 0.4) is 0 Å². The molecule has 0 saturated heterocycles. The maximum Gasteiger partial charge on any atom is 0.230 e. The maximum atomic E-state index is 12.7. The maximum absolute atomic E-state index is 12.7. The first-order valence-corrected chi connectivity index (χ1v) is 12.2. The topological polar surface area (TPSA) is 69.0 Å². The van der Waals surface area contributed by atoms with Gasteiger partial charge in [-0.2, -0.15) is 0 Å². The van der Waals surface area contributed by atoms with Gasteiger partial charge in [-0.3, -0.25) is 9.36 Å². The van der Waals surface area contributed by atoms with Crippen molar-refractivity contribution in [2.75, 3.05) is 12.9 Å². The van der Waals surface area contributed by atoms with E-state index in [1.807, 2.05) is 47.0 Å². The fourth-order valence-electron chi connectivity index (χ4n) is 4.19. The highest BCUT2D eigenvalue weighted by molar-refractivity contribution is 7.99. The number of hydrogen-bond donors (Lipinski definition) is 1. The van der Waals surface area contributed by atoms with E-state index < -0.39 is 0 Å². The van der Waals surface area contributed by atoms with Crippen LogP contribution in [0.4, 0.5) is 0 Å². The zero-order valence-electron chi connectivity index (χ0n) is 18.7. The van der Waals surface area contributed by atoms with E-state index in [-0.39, 0.29) is 11.9 Å². The van der Waals surface area contributed by atoms with E-state index in [4.69, 9.17) is 4.74 Å². The Morgan fingerprint density at radius 1 is 1.09 bits per heavy atom. The minimum atomic E-state index is 0.0580. The molecule has 0 bridgehead atoms. The summed E-state index contributed by atoms with van der Waals surface area (Å²) in [4.78, 5) is 12.7. The highest BCUT2D eigenvalue weighted by Gasteiger charge is 2.23. The van der Waals surface area contributed by atoms with Crippen LogP contribution in [-0.4, -0.2) is 39.6 Å². The van der Waals surface area contributed by atoms with Gasteiger partial charge in [-0.1, -0.05) is 61.9 Å². The molecule has 4 rings (SSSR count). The van der Waals surface area contributed by atoms with Crippen LogP contribution in [0.25, 0.3) is 5.69 Å². The van der Waals surface area contributed by atoms with E-state index in [0.717, 1.165) is 29.2 Å². The third-order valence-corrected chi connectivity index (χ3v) is 6.96. The van der Waals surface area contributed by atoms with Gasteiger partial charge in [0.25, 0.3) is 0 Å². The molecule has 168 valence electrons. The largest absolute Gasteiger partial charge is 0.497 e. The quantitative estimate of drug-likeness (QED) is 0.506. The van der Waals surface area contributed by atoms with Crippen LogP contribution >= 0.6 is 11.8 Å². The van der Waals surface area contributed by atoms with Crippen molar-refractivity contribution in [1.82, 2.24) is 20.1 Å². The van der Waals surface area contributed by atoms with Gasteiger partial charge in [0.05, 0.1) is 12.9 Å². The number of hydrogen-bond acceptors (Lipinski definition) is 5. The summed E-state index contributed by atoms with van der Waals surface area (Å²) >= 11 is 1.43. The van der Waals surface area contributed by atoms with E-state index >= 15 is 0 Å². The van der Waals surface area contributed by atoms with Crippen molar-refractivity contribution in [3.05, 3.63) is 66.0 Å². The average molecular weight is 451 g/mol. The number of carbonyl (C=O) groups is 1. The molecule has 0 unspecified atom stereocenters. The van der Waals surface area contributed by atoms with Crippen molar-refractivity contribution in [3.63, 3.8) is 0 Å². The Morgan fingerprint density at radius 3 is 2.56 bits per heavy atom. The number of methoxy groups -OCH3 is 1. The number of nitrogens with zero attached hydrogens (tertiary/aromatic N) is 3. The molecule has 1 fully saturated rings. The molecule has 1 saturated carbocycles. The zero-order valence-corrected chi connectivity index (χ0v) is 19.5. The molecular formula is C25H30N4O2S. The molecule has 1 heterocycles. The Hall–Kier alpha value is -2.80. The normalized spacial score (nSPS) is 18.3. The van der Waals surface area contributed by atoms with Gasteiger partial charge in [-0.25, -0.2) is 0 Å². The first kappa shape index (κ1) is 22.4. The molecular weight excluding hydrogens is 420 g/mol. The summed E-state index contributed by atoms with van der Waals surface area (Å²) in [6, 6.07) is 18.3. The highest BCUT2D eigenvalue weighted by Crippen LogP contribution is 2.26. The lowest BCUT2D eigenvalue weighted by molar-refractivity contribution is -0.119. The lowest BCUT2D eigenvalue weighted by Crippen LogP contribution is -2.41. The van der Waals surface area contributed by atoms with Crippen LogP contribution in [0.15, 0.2) is 59.8 Å². The molecule has 1 N–H and O–H groups in total. The molecule has 3 aromatic rings. The second-order valence-electron chi connectivity index (χ2n) is 8.32. The Morgan fingerprint density at radius 2 is 1.84 bits per heavy atom. The Kier molecular flexibility index (Phi) is 7.47. The lowest BCUT2D eigenvalue weighted by atomic mass is 9.86. The Bertz CT molecular complexity index is 1020. The molecule has 1 amide bonds. The number of nitrogens with one attached hydrogen (secondary N) is 1. The number of benzene rings is 2. The van der Waals surface area contributed by atoms with Crippen LogP contribution in [0.1, 0.15) is 44.0 Å². The van der Waals surface area contributed by atoms with Gasteiger partial charge in [-0.15, -0.1) is 10.2 Å². The highest BCUT2D eigenvalue weighted by atomic mass is 32.2. The summed E-state index contributed by atoms with van der Waals surface area (Å²) in [5, 5.41) is 12.8. The molecule has 0 aliphatic heterocycles. The molecule has 0 radical (unpaired) electrons. The summed E-state index contributed by atoms with van der Waals surface area (Å²) in [6.07, 6.45) is 5.37. The van der Waals surface area contributed by atoms with Crippen LogP contribution in [0.2, 0.25) is 0 Å². The number of ether oxygens (including phenoxy) is 1. The van der Waals surface area contributed by atoms with Crippen LogP contribution < -0.4 is 10.1 Å². The molecule has 7 heteroatoms. The van der Waals surface area contributed by atoms with Crippen LogP contribution in [0.5, 0.6) is 5.75 Å². The number of aromatic nitrogens is 3. The predicted octanol–water partition coefficient (Wildman–Crippen LogP) is 4.65. The Balaban J connectivity index is 1.52. The molecule has 0 spiro atoms. The first-order chi connectivity index (χ1) is 15.6. The van der Waals surface area contributed by atoms with Gasteiger partial charge in [0.15, 0.2) is 5.16 Å². The van der Waals surface area contributed by atoms with Gasteiger partial charge >= 0.3 is 0 Å². The first-order valence-electron chi connectivity index (χ1n) is 11.2. The number of thioether (sulfide) groups is 1. The molecule has 32 heavy (non-hydrogen) atoms. The molecule has 1 aliphatic carbocycles. The fraction of sp³-hybridized carbons (Fsp3) is 0.400. The second-order valence-corrected chi connectivity index (χ2v) is 9.26. The lowest BCUT2D eigenvalue weighted by Gasteiger charge is -2.29. The number of rotatable bonds is 8. The predicted molar refractivity (Wildman–Crippen MR) is 127 cm³/mol. The number of amides is 1. The smallest absolute Gasteiger partial charge is 0.230 e. The third kappa shape index (κ3) is 5.51. The van der Waals surface area contributed by atoms with Crippen molar-refractivity contribution in [2.24, 2.45) is 5.92 Å². The summed E-state index contributed by atoms with van der Waals surface area (Å²) in [5.41, 5.74) is 2.11. The minimum absolute atomic E-state index is 0.0580. The van der Waals surface area contributed by atoms with Crippen molar-refractivity contribution in [2.45, 2.75) is 50.2 Å². The summed E-state index contributed by atoms with van der Waals surface area (Å²) in [5.74, 6) is 2.55. The van der Waals surface area contributed by atoms with E-state index in [1.54, 1.807) is 7.11 Å². The zero-order chi connectivity index (χ0) is 22.3. The third-order valence-electron chi connectivity index (χ3n) is 6.03. The Labute approximate surface area is 193 Å². The van der Waals surface area contributed by atoms with E-state index in [9.17, 15) is 4.79 Å². The monoisotopic (exact) mass is 450 g/mol. The van der Waals surface area contributed by atoms with Crippen molar-refractivity contribution in [3.8, 4) is 11.4 Å². The van der Waals surface area contributed by atoms with Gasteiger partial charge in [0.1, 0.15) is 11.6 Å². The summed E-state index contributed by atoms with van der Waals surface area (Å²) in [6.45, 7) is 2.23. The molecule has 2 aromatic carbocycles. The molecule has 1 aromatic heterocycles. The van der Waals surface area contributed by atoms with Crippen molar-refractivity contribution < 1.29 is 9.53 Å². The minimum Gasteiger partial charge on any atom is -0.497 e. The van der Waals surface area contributed by atoms with Gasteiger partial charge in [-0.05, 0) is 48.6 Å². The molecule has 2 atom stereocenters. The van der Waals surface area contributed by atoms with Crippen molar-refractivity contribution in [1.29, 1.82) is 0 Å². The summed E-state index contributed by atoms with van der Waals surface area (Å²) < 4.78 is 7.34. The fourth-order valence-corrected chi connectivity index (χ4v) is 4.97. The second kappa shape index (κ2) is 10.7. The van der Waals surface area contributed by atoms with E-state index in [2.05, 4.69) is 34.6 Å². The average Bonchev–Trinajstić information content (AvgIpc) is 3.22.